The molecule has 4 aromatic rings. The Morgan fingerprint density at radius 3 is 2.61 bits per heavy atom. The number of nitrogens with zero attached hydrogens (tertiary/aromatic N) is 2. The molecular formula is C20H15N4O3S+. The van der Waals surface area contributed by atoms with Gasteiger partial charge in [0.25, 0.3) is 5.82 Å². The van der Waals surface area contributed by atoms with Gasteiger partial charge < -0.3 is 5.11 Å². The predicted octanol–water partition coefficient (Wildman–Crippen LogP) is 4.29. The largest absolute Gasteiger partial charge is 0.481 e. The van der Waals surface area contributed by atoms with Gasteiger partial charge in [-0.2, -0.15) is 0 Å². The molecule has 0 unspecified atom stereocenters. The molecule has 3 aromatic carbocycles. The average molecular weight is 391 g/mol. The van der Waals surface area contributed by atoms with Gasteiger partial charge in [0, 0.05) is 0 Å². The molecule has 1 heterocycles. The fourth-order valence-electron chi connectivity index (χ4n) is 2.95. The zero-order valence-corrected chi connectivity index (χ0v) is 15.4. The van der Waals surface area contributed by atoms with E-state index >= 15 is 0 Å². The van der Waals surface area contributed by atoms with Crippen LogP contribution in [0.4, 0.5) is 5.69 Å². The van der Waals surface area contributed by atoms with Gasteiger partial charge in [0.2, 0.25) is 0 Å². The number of nitrogens with one attached hydrogen (secondary N) is 2. The third kappa shape index (κ3) is 3.77. The first-order chi connectivity index (χ1) is 13.6. The second-order valence-corrected chi connectivity index (χ2v) is 7.10. The molecule has 8 heteroatoms. The van der Waals surface area contributed by atoms with Crippen molar-refractivity contribution in [3.63, 3.8) is 0 Å². The minimum absolute atomic E-state index is 0.0981. The summed E-state index contributed by atoms with van der Waals surface area (Å²) in [5.74, 6) is -0.451. The maximum absolute atomic E-state index is 11.2. The van der Waals surface area contributed by atoms with Gasteiger partial charge >= 0.3 is 11.1 Å². The molecule has 1 aromatic heterocycles. The van der Waals surface area contributed by atoms with E-state index in [9.17, 15) is 9.70 Å². The number of benzene rings is 3. The average Bonchev–Trinajstić information content (AvgIpc) is 3.20. The summed E-state index contributed by atoms with van der Waals surface area (Å²) in [4.78, 5) is 25.0. The van der Waals surface area contributed by atoms with Crippen LogP contribution < -0.4 is 4.98 Å². The van der Waals surface area contributed by atoms with Crippen LogP contribution in [0.5, 0.6) is 0 Å². The van der Waals surface area contributed by atoms with Crippen LogP contribution in [0.25, 0.3) is 33.3 Å². The highest BCUT2D eigenvalue weighted by Gasteiger charge is 2.16. The monoisotopic (exact) mass is 391 g/mol. The highest BCUT2D eigenvalue weighted by atomic mass is 32.2. The number of hydrogen-bond donors (Lipinski definition) is 2. The van der Waals surface area contributed by atoms with Crippen LogP contribution in [0, 0.1) is 4.91 Å². The molecule has 0 amide bonds. The fourth-order valence-corrected chi connectivity index (χ4v) is 3.49. The zero-order chi connectivity index (χ0) is 19.5. The van der Waals surface area contributed by atoms with Crippen LogP contribution >= 0.6 is 11.8 Å². The smallest absolute Gasteiger partial charge is 0.335 e. The first-order valence-corrected chi connectivity index (χ1v) is 9.41. The van der Waals surface area contributed by atoms with Crippen molar-refractivity contribution in [2.24, 2.45) is 5.18 Å². The first kappa shape index (κ1) is 17.9. The molecule has 3 N–H and O–H groups in total. The summed E-state index contributed by atoms with van der Waals surface area (Å²) in [6.07, 6.45) is 0. The fraction of sp³-hybridized carbons (Fsp3) is 0.0500. The van der Waals surface area contributed by atoms with Gasteiger partial charge in [0.1, 0.15) is 11.4 Å². The normalized spacial score (nSPS) is 10.9. The molecule has 0 spiro atoms. The molecule has 0 bridgehead atoms. The van der Waals surface area contributed by atoms with E-state index in [4.69, 9.17) is 5.11 Å². The van der Waals surface area contributed by atoms with Crippen molar-refractivity contribution in [2.45, 2.75) is 5.16 Å². The van der Waals surface area contributed by atoms with E-state index in [0.29, 0.717) is 22.2 Å². The molecule has 0 saturated carbocycles. The minimum Gasteiger partial charge on any atom is -0.481 e. The zero-order valence-electron chi connectivity index (χ0n) is 14.5. The summed E-state index contributed by atoms with van der Waals surface area (Å²) < 4.78 is 0. The molecule has 4 rings (SSSR count). The molecule has 138 valence electrons. The Hall–Kier alpha value is -3.52. The number of nitroso groups, excluding NO2 is 1. The van der Waals surface area contributed by atoms with Crippen LogP contribution in [0.3, 0.4) is 0 Å². The number of hydrogen-bond acceptors (Lipinski definition) is 5. The number of fused-ring (bicyclic) bond motifs is 1. The Labute approximate surface area is 163 Å². The topological polar surface area (TPSA) is 110 Å². The van der Waals surface area contributed by atoms with Crippen molar-refractivity contribution in [1.82, 2.24) is 10.2 Å². The van der Waals surface area contributed by atoms with E-state index in [1.54, 1.807) is 12.1 Å². The van der Waals surface area contributed by atoms with Crippen LogP contribution in [0.15, 0.2) is 71.0 Å². The highest BCUT2D eigenvalue weighted by Crippen LogP contribution is 2.31. The van der Waals surface area contributed by atoms with Gasteiger partial charge in [-0.3, -0.25) is 4.79 Å². The number of carboxylic acids is 1. The molecule has 28 heavy (non-hydrogen) atoms. The number of aliphatic carboxylic acids is 1. The van der Waals surface area contributed by atoms with Crippen molar-refractivity contribution in [1.29, 1.82) is 0 Å². The maximum Gasteiger partial charge on any atom is 0.335 e. The Bertz CT molecular complexity index is 1190. The number of aromatic nitrogens is 3. The van der Waals surface area contributed by atoms with Gasteiger partial charge in [0.15, 0.2) is 0 Å². The molecule has 0 fully saturated rings. The van der Waals surface area contributed by atoms with Crippen molar-refractivity contribution >= 4 is 34.2 Å². The molecule has 0 atom stereocenters. The number of carboxylic acid groups (broad SMARTS) is 1. The van der Waals surface area contributed by atoms with Crippen molar-refractivity contribution in [2.75, 3.05) is 5.75 Å². The van der Waals surface area contributed by atoms with Crippen LogP contribution in [-0.4, -0.2) is 27.0 Å². The van der Waals surface area contributed by atoms with Crippen molar-refractivity contribution < 1.29 is 14.9 Å². The lowest BCUT2D eigenvalue weighted by Crippen LogP contribution is -2.07. The third-order valence-electron chi connectivity index (χ3n) is 4.23. The SMILES string of the molecule is O=Nc1cc(-c2ccc3ccccc3c2)cc(-c2[nH]nc(SCC(=O)O)[nH+]2)c1. The Balaban J connectivity index is 1.73. The summed E-state index contributed by atoms with van der Waals surface area (Å²) in [6, 6.07) is 19.5. The third-order valence-corrected chi connectivity index (χ3v) is 5.09. The van der Waals surface area contributed by atoms with E-state index in [0.717, 1.165) is 33.7 Å². The number of rotatable bonds is 6. The van der Waals surface area contributed by atoms with Crippen molar-refractivity contribution in [3.8, 4) is 22.5 Å². The standard InChI is InChI=1S/C20H14N4O3S/c25-18(26)11-28-20-21-19(22-23-20)16-8-15(9-17(10-16)24-27)14-6-5-12-3-1-2-4-13(12)7-14/h1-10H,11H2,(H,25,26)(H,21,22,23)/p+1. The first-order valence-electron chi connectivity index (χ1n) is 8.42. The number of aromatic amines is 2. The Kier molecular flexibility index (Phi) is 4.86. The maximum atomic E-state index is 11.2. The van der Waals surface area contributed by atoms with Crippen LogP contribution in [-0.2, 0) is 4.79 Å². The van der Waals surface area contributed by atoms with Crippen LogP contribution in [0.1, 0.15) is 0 Å². The van der Waals surface area contributed by atoms with Crippen LogP contribution in [0.2, 0.25) is 0 Å². The van der Waals surface area contributed by atoms with Gasteiger partial charge in [-0.1, -0.05) is 36.4 Å². The molecule has 0 saturated heterocycles. The number of thioether (sulfide) groups is 1. The van der Waals surface area contributed by atoms with Crippen molar-refractivity contribution in [3.05, 3.63) is 65.6 Å². The molecular weight excluding hydrogens is 376 g/mol. The van der Waals surface area contributed by atoms with E-state index in [-0.39, 0.29) is 5.75 Å². The molecule has 0 aliphatic rings. The van der Waals surface area contributed by atoms with Gasteiger partial charge in [-0.25, -0.2) is 4.98 Å². The predicted molar refractivity (Wildman–Crippen MR) is 107 cm³/mol. The molecule has 0 radical (unpaired) electrons. The Morgan fingerprint density at radius 2 is 1.82 bits per heavy atom. The summed E-state index contributed by atoms with van der Waals surface area (Å²) >= 11 is 1.07. The lowest BCUT2D eigenvalue weighted by molar-refractivity contribution is -0.414. The van der Waals surface area contributed by atoms with Gasteiger partial charge in [0.05, 0.1) is 10.7 Å². The van der Waals surface area contributed by atoms with E-state index in [1.165, 1.54) is 0 Å². The summed E-state index contributed by atoms with van der Waals surface area (Å²) in [5, 5.41) is 21.5. The summed E-state index contributed by atoms with van der Waals surface area (Å²) in [5.41, 5.74) is 2.81. The Morgan fingerprint density at radius 1 is 1.04 bits per heavy atom. The number of H-pyrrole nitrogens is 2. The van der Waals surface area contributed by atoms with E-state index < -0.39 is 5.97 Å². The highest BCUT2D eigenvalue weighted by molar-refractivity contribution is 7.99. The molecule has 0 aliphatic carbocycles. The summed E-state index contributed by atoms with van der Waals surface area (Å²) in [6.45, 7) is 0. The van der Waals surface area contributed by atoms with E-state index in [2.05, 4.69) is 26.4 Å². The second kappa shape index (κ2) is 7.61. The lowest BCUT2D eigenvalue weighted by Gasteiger charge is -2.06. The molecule has 0 aliphatic heterocycles. The number of carbonyl (C=O) groups is 1. The second-order valence-electron chi connectivity index (χ2n) is 6.13. The quantitative estimate of drug-likeness (QED) is 0.376. The minimum atomic E-state index is -0.923. The molecule has 7 nitrogen and oxygen atoms in total. The van der Waals surface area contributed by atoms with Gasteiger partial charge in [-0.15, -0.1) is 10.0 Å². The van der Waals surface area contributed by atoms with E-state index in [1.807, 2.05) is 42.5 Å². The van der Waals surface area contributed by atoms with Gasteiger partial charge in [-0.05, 0) is 63.1 Å². The summed E-state index contributed by atoms with van der Waals surface area (Å²) in [7, 11) is 0. The lowest BCUT2D eigenvalue weighted by atomic mass is 9.99.